The highest BCUT2D eigenvalue weighted by Gasteiger charge is 2.09. The minimum absolute atomic E-state index is 0.390. The largest absolute Gasteiger partial charge is 0.488 e. The zero-order valence-electron chi connectivity index (χ0n) is 16.3. The second-order valence-electron chi connectivity index (χ2n) is 6.57. The van der Waals surface area contributed by atoms with Gasteiger partial charge in [-0.25, -0.2) is 9.37 Å². The number of alkyl halides is 1. The Hall–Kier alpha value is -2.62. The Labute approximate surface area is 160 Å². The molecule has 27 heavy (non-hydrogen) atoms. The Balaban J connectivity index is 1.84. The van der Waals surface area contributed by atoms with Crippen LogP contribution in [0.25, 0.3) is 22.2 Å². The summed E-state index contributed by atoms with van der Waals surface area (Å²) in [4.78, 5) is 7.10. The number of rotatable bonds is 8. The molecule has 1 aromatic heterocycles. The lowest BCUT2D eigenvalue weighted by molar-refractivity contribution is 0.160. The van der Waals surface area contributed by atoms with Crippen LogP contribution >= 0.6 is 0 Å². The van der Waals surface area contributed by atoms with Crippen LogP contribution in [0.15, 0.2) is 54.6 Å². The van der Waals surface area contributed by atoms with Crippen LogP contribution in [-0.4, -0.2) is 30.9 Å². The maximum absolute atomic E-state index is 12.9. The highest BCUT2D eigenvalue weighted by atomic mass is 19.1. The van der Waals surface area contributed by atoms with E-state index in [1.807, 2.05) is 37.3 Å². The summed E-state index contributed by atoms with van der Waals surface area (Å²) in [5.41, 5.74) is 4.17. The van der Waals surface area contributed by atoms with Crippen molar-refractivity contribution in [2.24, 2.45) is 0 Å². The molecule has 3 rings (SSSR count). The summed E-state index contributed by atoms with van der Waals surface area (Å²) in [5, 5.41) is 0.990. The number of hydrogen-bond donors (Lipinski definition) is 0. The van der Waals surface area contributed by atoms with Gasteiger partial charge in [0.05, 0.1) is 11.2 Å². The Morgan fingerprint density at radius 3 is 2.33 bits per heavy atom. The van der Waals surface area contributed by atoms with Crippen molar-refractivity contribution in [2.45, 2.75) is 33.3 Å². The van der Waals surface area contributed by atoms with E-state index in [-0.39, 0.29) is 6.10 Å². The zero-order valence-corrected chi connectivity index (χ0v) is 16.3. The Morgan fingerprint density at radius 1 is 0.963 bits per heavy atom. The van der Waals surface area contributed by atoms with Crippen molar-refractivity contribution in [2.75, 3.05) is 24.7 Å². The van der Waals surface area contributed by atoms with Gasteiger partial charge in [-0.05, 0) is 56.7 Å². The summed E-state index contributed by atoms with van der Waals surface area (Å²) in [6.07, 6.45) is 0.258. The fraction of sp³-hybridized carbons (Fsp3) is 0.348. The lowest BCUT2D eigenvalue weighted by Crippen LogP contribution is -2.21. The van der Waals surface area contributed by atoms with Gasteiger partial charge in [0.15, 0.2) is 0 Å². The minimum atomic E-state index is -0.477. The molecule has 1 atom stereocenters. The highest BCUT2D eigenvalue weighted by Crippen LogP contribution is 2.26. The summed E-state index contributed by atoms with van der Waals surface area (Å²) in [6.45, 7) is 7.76. The van der Waals surface area contributed by atoms with Gasteiger partial charge in [0, 0.05) is 29.7 Å². The third kappa shape index (κ3) is 4.38. The fourth-order valence-electron chi connectivity index (χ4n) is 3.19. The number of nitrogens with zero attached hydrogens (tertiary/aromatic N) is 2. The predicted molar refractivity (Wildman–Crippen MR) is 111 cm³/mol. The molecular formula is C23H27FN2O. The van der Waals surface area contributed by atoms with E-state index in [0.29, 0.717) is 12.2 Å². The smallest absolute Gasteiger partial charge is 0.127 e. The molecule has 1 heterocycles. The molecule has 0 saturated carbocycles. The van der Waals surface area contributed by atoms with Crippen molar-refractivity contribution in [3.63, 3.8) is 0 Å². The minimum Gasteiger partial charge on any atom is -0.488 e. The van der Waals surface area contributed by atoms with Gasteiger partial charge < -0.3 is 9.64 Å². The number of fused-ring (bicyclic) bond motifs is 1. The van der Waals surface area contributed by atoms with Crippen molar-refractivity contribution in [1.29, 1.82) is 0 Å². The van der Waals surface area contributed by atoms with Crippen LogP contribution in [0.3, 0.4) is 0 Å². The van der Waals surface area contributed by atoms with Gasteiger partial charge in [0.2, 0.25) is 0 Å². The molecule has 0 fully saturated rings. The van der Waals surface area contributed by atoms with E-state index in [1.165, 1.54) is 5.69 Å². The van der Waals surface area contributed by atoms with Crippen LogP contribution in [0.5, 0.6) is 5.75 Å². The predicted octanol–water partition coefficient (Wildman–Crippen LogP) is 5.87. The average Bonchev–Trinajstić information content (AvgIpc) is 2.73. The Morgan fingerprint density at radius 2 is 1.70 bits per heavy atom. The van der Waals surface area contributed by atoms with E-state index in [1.54, 1.807) is 0 Å². The molecule has 3 aromatic rings. The van der Waals surface area contributed by atoms with Crippen LogP contribution in [0.2, 0.25) is 0 Å². The summed E-state index contributed by atoms with van der Waals surface area (Å²) >= 11 is 0. The second kappa shape index (κ2) is 8.85. The van der Waals surface area contributed by atoms with Crippen LogP contribution in [-0.2, 0) is 0 Å². The van der Waals surface area contributed by atoms with E-state index in [2.05, 4.69) is 43.0 Å². The van der Waals surface area contributed by atoms with Gasteiger partial charge in [-0.2, -0.15) is 0 Å². The average molecular weight is 366 g/mol. The third-order valence-electron chi connectivity index (χ3n) is 4.88. The molecular weight excluding hydrogens is 339 g/mol. The number of halogens is 1. The summed E-state index contributed by atoms with van der Waals surface area (Å²) in [7, 11) is 0. The molecule has 0 aliphatic carbocycles. The summed E-state index contributed by atoms with van der Waals surface area (Å²) in [6, 6.07) is 18.3. The van der Waals surface area contributed by atoms with E-state index in [0.717, 1.165) is 35.2 Å². The van der Waals surface area contributed by atoms with Crippen molar-refractivity contribution >= 4 is 16.6 Å². The lowest BCUT2D eigenvalue weighted by Gasteiger charge is -2.21. The molecule has 0 aliphatic heterocycles. The first-order chi connectivity index (χ1) is 13.2. The van der Waals surface area contributed by atoms with Crippen LogP contribution in [0, 0.1) is 0 Å². The van der Waals surface area contributed by atoms with E-state index in [9.17, 15) is 4.39 Å². The van der Waals surface area contributed by atoms with Crippen molar-refractivity contribution in [3.8, 4) is 17.0 Å². The van der Waals surface area contributed by atoms with Crippen LogP contribution in [0.1, 0.15) is 27.2 Å². The molecule has 0 spiro atoms. The summed E-state index contributed by atoms with van der Waals surface area (Å²) in [5.74, 6) is 0.685. The molecule has 0 saturated heterocycles. The summed E-state index contributed by atoms with van der Waals surface area (Å²) < 4.78 is 18.6. The highest BCUT2D eigenvalue weighted by molar-refractivity contribution is 5.83. The SMILES string of the molecule is CCC(CF)Oc1ccc2nc(-c3ccc(N(CC)CC)cc3)ccc2c1. The number of pyridine rings is 1. The number of aromatic nitrogens is 1. The van der Waals surface area contributed by atoms with Gasteiger partial charge in [-0.15, -0.1) is 0 Å². The first-order valence-corrected chi connectivity index (χ1v) is 9.67. The van der Waals surface area contributed by atoms with Gasteiger partial charge in [-0.3, -0.25) is 0 Å². The Kier molecular flexibility index (Phi) is 6.28. The van der Waals surface area contributed by atoms with Gasteiger partial charge in [-0.1, -0.05) is 25.1 Å². The molecule has 142 valence electrons. The lowest BCUT2D eigenvalue weighted by atomic mass is 10.1. The van der Waals surface area contributed by atoms with Gasteiger partial charge in [0.1, 0.15) is 18.5 Å². The van der Waals surface area contributed by atoms with Gasteiger partial charge >= 0.3 is 0 Å². The van der Waals surface area contributed by atoms with E-state index < -0.39 is 6.67 Å². The first kappa shape index (κ1) is 19.2. The zero-order chi connectivity index (χ0) is 19.2. The molecule has 0 N–H and O–H groups in total. The van der Waals surface area contributed by atoms with Crippen molar-refractivity contribution < 1.29 is 9.13 Å². The molecule has 2 aromatic carbocycles. The standard InChI is InChI=1S/C23H27FN2O/c1-4-20(16-24)27-21-12-14-23-18(15-21)9-13-22(25-23)17-7-10-19(11-8-17)26(5-2)6-3/h7-15,20H,4-6,16H2,1-3H3. The maximum atomic E-state index is 12.9. The quantitative estimate of drug-likeness (QED) is 0.498. The monoisotopic (exact) mass is 366 g/mol. The molecule has 0 bridgehead atoms. The molecule has 0 amide bonds. The van der Waals surface area contributed by atoms with Crippen LogP contribution < -0.4 is 9.64 Å². The van der Waals surface area contributed by atoms with E-state index in [4.69, 9.17) is 9.72 Å². The molecule has 4 heteroatoms. The van der Waals surface area contributed by atoms with Crippen LogP contribution in [0.4, 0.5) is 10.1 Å². The van der Waals surface area contributed by atoms with Crippen molar-refractivity contribution in [1.82, 2.24) is 4.98 Å². The van der Waals surface area contributed by atoms with Crippen molar-refractivity contribution in [3.05, 3.63) is 54.6 Å². The topological polar surface area (TPSA) is 25.4 Å². The maximum Gasteiger partial charge on any atom is 0.127 e. The van der Waals surface area contributed by atoms with E-state index >= 15 is 0 Å². The fourth-order valence-corrected chi connectivity index (χ4v) is 3.19. The van der Waals surface area contributed by atoms with Gasteiger partial charge in [0.25, 0.3) is 0 Å². The molecule has 0 radical (unpaired) electrons. The first-order valence-electron chi connectivity index (χ1n) is 9.67. The Bertz CT molecular complexity index is 871. The molecule has 1 unspecified atom stereocenters. The number of benzene rings is 2. The number of hydrogen-bond acceptors (Lipinski definition) is 3. The third-order valence-corrected chi connectivity index (χ3v) is 4.88. The number of anilines is 1. The number of ether oxygens (including phenoxy) is 1. The molecule has 3 nitrogen and oxygen atoms in total. The second-order valence-corrected chi connectivity index (χ2v) is 6.57. The molecule has 0 aliphatic rings. The normalized spacial score (nSPS) is 12.1.